The van der Waals surface area contributed by atoms with Crippen LogP contribution in [0.4, 0.5) is 5.69 Å². The van der Waals surface area contributed by atoms with E-state index in [0.717, 1.165) is 11.3 Å². The molecule has 3 nitrogen and oxygen atoms in total. The lowest BCUT2D eigenvalue weighted by atomic mass is 10.1. The lowest BCUT2D eigenvalue weighted by Crippen LogP contribution is -2.20. The van der Waals surface area contributed by atoms with Crippen LogP contribution in [0.15, 0.2) is 18.2 Å². The predicted octanol–water partition coefficient (Wildman–Crippen LogP) is 2.44. The second-order valence-electron chi connectivity index (χ2n) is 4.27. The first-order valence-corrected chi connectivity index (χ1v) is 5.48. The van der Waals surface area contributed by atoms with Crippen LogP contribution in [0.2, 0.25) is 0 Å². The Kier molecular flexibility index (Phi) is 4.33. The molecule has 0 aliphatic rings. The summed E-state index contributed by atoms with van der Waals surface area (Å²) in [5, 5.41) is 21.4. The fourth-order valence-corrected chi connectivity index (χ4v) is 1.73. The molecule has 0 radical (unpaired) electrons. The molecule has 1 aromatic rings. The highest BCUT2D eigenvalue weighted by Gasteiger charge is 2.06. The Morgan fingerprint density at radius 1 is 1.44 bits per heavy atom. The van der Waals surface area contributed by atoms with Crippen LogP contribution in [0.5, 0.6) is 0 Å². The maximum absolute atomic E-state index is 9.25. The molecule has 0 fully saturated rings. The van der Waals surface area contributed by atoms with Crippen molar-refractivity contribution in [1.29, 1.82) is 5.26 Å². The highest BCUT2D eigenvalue weighted by atomic mass is 16.3. The van der Waals surface area contributed by atoms with E-state index in [-0.39, 0.29) is 12.1 Å². The zero-order valence-corrected chi connectivity index (χ0v) is 9.99. The topological polar surface area (TPSA) is 56.0 Å². The number of nitriles is 1. The molecular formula is C13H18N2O. The molecule has 2 unspecified atom stereocenters. The fourth-order valence-electron chi connectivity index (χ4n) is 1.73. The molecular weight excluding hydrogens is 200 g/mol. The minimum absolute atomic E-state index is 0.215. The molecule has 0 spiro atoms. The van der Waals surface area contributed by atoms with Gasteiger partial charge in [0.15, 0.2) is 0 Å². The first-order valence-electron chi connectivity index (χ1n) is 5.48. The van der Waals surface area contributed by atoms with Gasteiger partial charge in [0.05, 0.1) is 17.7 Å². The summed E-state index contributed by atoms with van der Waals surface area (Å²) >= 11 is 0. The molecule has 16 heavy (non-hydrogen) atoms. The SMILES string of the molecule is Cc1cc(NC(C)CC(C)O)ccc1C#N. The second kappa shape index (κ2) is 5.53. The number of benzene rings is 1. The molecule has 1 aromatic carbocycles. The summed E-state index contributed by atoms with van der Waals surface area (Å²) in [5.74, 6) is 0. The third kappa shape index (κ3) is 3.56. The molecule has 0 bridgehead atoms. The molecule has 0 aliphatic heterocycles. The first-order chi connectivity index (χ1) is 7.52. The molecule has 0 aromatic heterocycles. The van der Waals surface area contributed by atoms with E-state index in [0.29, 0.717) is 12.0 Å². The van der Waals surface area contributed by atoms with E-state index < -0.39 is 0 Å². The number of rotatable bonds is 4. The van der Waals surface area contributed by atoms with Gasteiger partial charge < -0.3 is 10.4 Å². The minimum Gasteiger partial charge on any atom is -0.393 e. The maximum atomic E-state index is 9.25. The van der Waals surface area contributed by atoms with E-state index in [4.69, 9.17) is 5.26 Å². The van der Waals surface area contributed by atoms with E-state index in [2.05, 4.69) is 11.4 Å². The Bertz CT molecular complexity index is 393. The first kappa shape index (κ1) is 12.5. The number of aliphatic hydroxyl groups is 1. The summed E-state index contributed by atoms with van der Waals surface area (Å²) in [4.78, 5) is 0. The van der Waals surface area contributed by atoms with Crippen LogP contribution in [0.3, 0.4) is 0 Å². The number of aryl methyl sites for hydroxylation is 1. The van der Waals surface area contributed by atoms with E-state index in [9.17, 15) is 5.11 Å². The zero-order chi connectivity index (χ0) is 12.1. The van der Waals surface area contributed by atoms with Gasteiger partial charge in [0.2, 0.25) is 0 Å². The quantitative estimate of drug-likeness (QED) is 0.816. The molecule has 0 heterocycles. The molecule has 1 rings (SSSR count). The molecule has 2 N–H and O–H groups in total. The van der Waals surface area contributed by atoms with Crippen LogP contribution in [0.25, 0.3) is 0 Å². The van der Waals surface area contributed by atoms with Gasteiger partial charge in [0.25, 0.3) is 0 Å². The number of aliphatic hydroxyl groups excluding tert-OH is 1. The number of hydrogen-bond acceptors (Lipinski definition) is 3. The Balaban J connectivity index is 2.69. The largest absolute Gasteiger partial charge is 0.393 e. The normalized spacial score (nSPS) is 13.9. The number of hydrogen-bond donors (Lipinski definition) is 2. The highest BCUT2D eigenvalue weighted by Crippen LogP contribution is 2.16. The average molecular weight is 218 g/mol. The van der Waals surface area contributed by atoms with Crippen molar-refractivity contribution < 1.29 is 5.11 Å². The Hall–Kier alpha value is -1.53. The Morgan fingerprint density at radius 2 is 2.12 bits per heavy atom. The third-order valence-corrected chi connectivity index (χ3v) is 2.45. The van der Waals surface area contributed by atoms with Crippen LogP contribution in [-0.2, 0) is 0 Å². The van der Waals surface area contributed by atoms with E-state index in [1.54, 1.807) is 6.92 Å². The summed E-state index contributed by atoms with van der Waals surface area (Å²) in [5.41, 5.74) is 2.66. The third-order valence-electron chi connectivity index (χ3n) is 2.45. The lowest BCUT2D eigenvalue weighted by molar-refractivity contribution is 0.179. The van der Waals surface area contributed by atoms with Crippen molar-refractivity contribution in [3.8, 4) is 6.07 Å². The summed E-state index contributed by atoms with van der Waals surface area (Å²) in [6.45, 7) is 5.73. The summed E-state index contributed by atoms with van der Waals surface area (Å²) in [6.07, 6.45) is 0.404. The van der Waals surface area contributed by atoms with Crippen molar-refractivity contribution in [3.05, 3.63) is 29.3 Å². The van der Waals surface area contributed by atoms with Crippen LogP contribution in [-0.4, -0.2) is 17.3 Å². The van der Waals surface area contributed by atoms with Gasteiger partial charge in [-0.25, -0.2) is 0 Å². The maximum Gasteiger partial charge on any atom is 0.0994 e. The van der Waals surface area contributed by atoms with Crippen LogP contribution >= 0.6 is 0 Å². The van der Waals surface area contributed by atoms with E-state index in [1.807, 2.05) is 32.0 Å². The van der Waals surface area contributed by atoms with Gasteiger partial charge in [-0.05, 0) is 51.0 Å². The zero-order valence-electron chi connectivity index (χ0n) is 9.99. The number of nitrogens with zero attached hydrogens (tertiary/aromatic N) is 1. The van der Waals surface area contributed by atoms with Crippen molar-refractivity contribution in [3.63, 3.8) is 0 Å². The minimum atomic E-state index is -0.304. The van der Waals surface area contributed by atoms with Crippen molar-refractivity contribution in [1.82, 2.24) is 0 Å². The highest BCUT2D eigenvalue weighted by molar-refractivity contribution is 5.51. The van der Waals surface area contributed by atoms with Gasteiger partial charge in [-0.15, -0.1) is 0 Å². The second-order valence-corrected chi connectivity index (χ2v) is 4.27. The molecule has 0 aliphatic carbocycles. The summed E-state index contributed by atoms with van der Waals surface area (Å²) < 4.78 is 0. The van der Waals surface area contributed by atoms with E-state index in [1.165, 1.54) is 0 Å². The van der Waals surface area contributed by atoms with Crippen LogP contribution < -0.4 is 5.32 Å². The fraction of sp³-hybridized carbons (Fsp3) is 0.462. The van der Waals surface area contributed by atoms with Gasteiger partial charge in [-0.3, -0.25) is 0 Å². The molecule has 0 saturated carbocycles. The predicted molar refractivity (Wildman–Crippen MR) is 65.3 cm³/mol. The molecule has 86 valence electrons. The number of anilines is 1. The monoisotopic (exact) mass is 218 g/mol. The van der Waals surface area contributed by atoms with Crippen LogP contribution in [0, 0.1) is 18.3 Å². The van der Waals surface area contributed by atoms with Gasteiger partial charge in [-0.2, -0.15) is 5.26 Å². The van der Waals surface area contributed by atoms with Gasteiger partial charge in [0.1, 0.15) is 0 Å². The number of nitrogens with one attached hydrogen (secondary N) is 1. The van der Waals surface area contributed by atoms with Gasteiger partial charge >= 0.3 is 0 Å². The van der Waals surface area contributed by atoms with Gasteiger partial charge in [-0.1, -0.05) is 0 Å². The Morgan fingerprint density at radius 3 is 2.62 bits per heavy atom. The molecule has 2 atom stereocenters. The van der Waals surface area contributed by atoms with Gasteiger partial charge in [0, 0.05) is 11.7 Å². The standard InChI is InChI=1S/C13H18N2O/c1-9-6-13(5-4-12(9)8-14)15-10(2)7-11(3)16/h4-6,10-11,15-16H,7H2,1-3H3. The smallest absolute Gasteiger partial charge is 0.0994 e. The molecule has 0 amide bonds. The van der Waals surface area contributed by atoms with Crippen molar-refractivity contribution in [2.45, 2.75) is 39.3 Å². The van der Waals surface area contributed by atoms with Crippen molar-refractivity contribution in [2.24, 2.45) is 0 Å². The molecule has 3 heteroatoms. The molecule has 0 saturated heterocycles. The summed E-state index contributed by atoms with van der Waals surface area (Å²) in [7, 11) is 0. The van der Waals surface area contributed by atoms with E-state index >= 15 is 0 Å². The lowest BCUT2D eigenvalue weighted by Gasteiger charge is -2.17. The van der Waals surface area contributed by atoms with Crippen molar-refractivity contribution >= 4 is 5.69 Å². The average Bonchev–Trinajstić information content (AvgIpc) is 2.16. The van der Waals surface area contributed by atoms with Crippen molar-refractivity contribution in [2.75, 3.05) is 5.32 Å². The summed E-state index contributed by atoms with van der Waals surface area (Å²) in [6, 6.07) is 8.02. The van der Waals surface area contributed by atoms with Crippen LogP contribution in [0.1, 0.15) is 31.4 Å². The Labute approximate surface area is 96.7 Å².